The first-order chi connectivity index (χ1) is 9.65. The van der Waals surface area contributed by atoms with Gasteiger partial charge in [-0.2, -0.15) is 0 Å². The standard InChI is InChI=1S/C15H22N2O2S/c1-11-3-4-12(14(9-11)20-2)10-16-15(19)17(7-8-18)13-5-6-13/h3-4,9,13,18H,5-8,10H2,1-2H3,(H,16,19). The van der Waals surface area contributed by atoms with Crippen LogP contribution in [0.5, 0.6) is 0 Å². The van der Waals surface area contributed by atoms with Crippen LogP contribution in [0.2, 0.25) is 0 Å². The van der Waals surface area contributed by atoms with Crippen LogP contribution in [-0.4, -0.2) is 41.5 Å². The number of aliphatic hydroxyl groups excluding tert-OH is 1. The number of hydrogen-bond acceptors (Lipinski definition) is 3. The van der Waals surface area contributed by atoms with Crippen molar-refractivity contribution in [2.45, 2.75) is 37.2 Å². The van der Waals surface area contributed by atoms with Crippen molar-refractivity contribution in [1.82, 2.24) is 10.2 Å². The molecule has 0 unspecified atom stereocenters. The molecule has 1 saturated carbocycles. The van der Waals surface area contributed by atoms with Gasteiger partial charge in [0.05, 0.1) is 6.61 Å². The molecule has 0 spiro atoms. The maximum atomic E-state index is 12.2. The van der Waals surface area contributed by atoms with E-state index in [1.165, 1.54) is 10.5 Å². The molecule has 1 aromatic rings. The third-order valence-corrected chi connectivity index (χ3v) is 4.28. The van der Waals surface area contributed by atoms with E-state index in [-0.39, 0.29) is 12.6 Å². The zero-order valence-corrected chi connectivity index (χ0v) is 12.9. The van der Waals surface area contributed by atoms with Gasteiger partial charge in [-0.05, 0) is 43.2 Å². The molecular formula is C15H22N2O2S. The summed E-state index contributed by atoms with van der Waals surface area (Å²) < 4.78 is 0. The minimum absolute atomic E-state index is 0.0184. The first-order valence-corrected chi connectivity index (χ1v) is 8.17. The van der Waals surface area contributed by atoms with Crippen molar-refractivity contribution in [3.05, 3.63) is 29.3 Å². The average molecular weight is 294 g/mol. The molecule has 1 fully saturated rings. The molecule has 0 radical (unpaired) electrons. The number of carbonyl (C=O) groups excluding carboxylic acids is 1. The number of nitrogens with one attached hydrogen (secondary N) is 1. The number of thioether (sulfide) groups is 1. The second kappa shape index (κ2) is 6.99. The first-order valence-electron chi connectivity index (χ1n) is 6.94. The summed E-state index contributed by atoms with van der Waals surface area (Å²) in [6.07, 6.45) is 4.14. The Bertz CT molecular complexity index is 475. The molecule has 20 heavy (non-hydrogen) atoms. The maximum Gasteiger partial charge on any atom is 0.317 e. The smallest absolute Gasteiger partial charge is 0.317 e. The molecule has 1 aliphatic rings. The van der Waals surface area contributed by atoms with Gasteiger partial charge >= 0.3 is 6.03 Å². The molecule has 0 aliphatic heterocycles. The molecule has 2 amide bonds. The predicted octanol–water partition coefficient (Wildman–Crippen LogP) is 2.38. The second-order valence-electron chi connectivity index (χ2n) is 5.12. The quantitative estimate of drug-likeness (QED) is 0.792. The monoisotopic (exact) mass is 294 g/mol. The van der Waals surface area contributed by atoms with Gasteiger partial charge in [0, 0.05) is 24.0 Å². The van der Waals surface area contributed by atoms with E-state index in [9.17, 15) is 4.79 Å². The molecular weight excluding hydrogens is 272 g/mol. The van der Waals surface area contributed by atoms with E-state index in [2.05, 4.69) is 30.4 Å². The van der Waals surface area contributed by atoms with E-state index >= 15 is 0 Å². The van der Waals surface area contributed by atoms with Crippen molar-refractivity contribution in [3.63, 3.8) is 0 Å². The molecule has 1 aromatic carbocycles. The van der Waals surface area contributed by atoms with Crippen LogP contribution in [0.25, 0.3) is 0 Å². The normalized spacial score (nSPS) is 14.2. The fourth-order valence-corrected chi connectivity index (χ4v) is 2.92. The van der Waals surface area contributed by atoms with Gasteiger partial charge in [0.1, 0.15) is 0 Å². The summed E-state index contributed by atoms with van der Waals surface area (Å²) in [7, 11) is 0. The molecule has 2 N–H and O–H groups in total. The lowest BCUT2D eigenvalue weighted by atomic mass is 10.1. The summed E-state index contributed by atoms with van der Waals surface area (Å²) in [5.41, 5.74) is 2.36. The molecule has 0 saturated heterocycles. The molecule has 0 atom stereocenters. The number of aryl methyl sites for hydroxylation is 1. The summed E-state index contributed by atoms with van der Waals surface area (Å²) in [4.78, 5) is 15.1. The number of aliphatic hydroxyl groups is 1. The van der Waals surface area contributed by atoms with Gasteiger partial charge in [-0.1, -0.05) is 12.1 Å². The highest BCUT2D eigenvalue weighted by Crippen LogP contribution is 2.27. The lowest BCUT2D eigenvalue weighted by Gasteiger charge is -2.22. The van der Waals surface area contributed by atoms with Crippen molar-refractivity contribution in [2.24, 2.45) is 0 Å². The summed E-state index contributed by atoms with van der Waals surface area (Å²) in [5.74, 6) is 0. The minimum Gasteiger partial charge on any atom is -0.395 e. The lowest BCUT2D eigenvalue weighted by molar-refractivity contribution is 0.173. The van der Waals surface area contributed by atoms with Gasteiger partial charge in [0.2, 0.25) is 0 Å². The first kappa shape index (κ1) is 15.2. The van der Waals surface area contributed by atoms with E-state index in [0.29, 0.717) is 19.1 Å². The Labute approximate surface area is 124 Å². The summed E-state index contributed by atoms with van der Waals surface area (Å²) in [6.45, 7) is 3.03. The lowest BCUT2D eigenvalue weighted by Crippen LogP contribution is -2.42. The van der Waals surface area contributed by atoms with Gasteiger partial charge in [-0.3, -0.25) is 0 Å². The van der Waals surface area contributed by atoms with Crippen LogP contribution in [0.3, 0.4) is 0 Å². The van der Waals surface area contributed by atoms with E-state index in [1.807, 2.05) is 6.26 Å². The van der Waals surface area contributed by atoms with E-state index < -0.39 is 0 Å². The minimum atomic E-state index is -0.0748. The highest BCUT2D eigenvalue weighted by Gasteiger charge is 2.31. The maximum absolute atomic E-state index is 12.2. The number of nitrogens with zero attached hydrogens (tertiary/aromatic N) is 1. The number of benzene rings is 1. The van der Waals surface area contributed by atoms with E-state index in [0.717, 1.165) is 18.4 Å². The molecule has 5 heteroatoms. The van der Waals surface area contributed by atoms with Crippen LogP contribution >= 0.6 is 11.8 Å². The van der Waals surface area contributed by atoms with Gasteiger partial charge in [0.25, 0.3) is 0 Å². The average Bonchev–Trinajstić information content (AvgIpc) is 3.27. The Balaban J connectivity index is 1.95. The Morgan fingerprint density at radius 3 is 2.85 bits per heavy atom. The Morgan fingerprint density at radius 2 is 2.25 bits per heavy atom. The molecule has 0 bridgehead atoms. The Kier molecular flexibility index (Phi) is 5.31. The topological polar surface area (TPSA) is 52.6 Å². The predicted molar refractivity (Wildman–Crippen MR) is 82.0 cm³/mol. The largest absolute Gasteiger partial charge is 0.395 e. The Hall–Kier alpha value is -1.20. The Morgan fingerprint density at radius 1 is 1.50 bits per heavy atom. The van der Waals surface area contributed by atoms with Crippen LogP contribution in [0.4, 0.5) is 4.79 Å². The zero-order chi connectivity index (χ0) is 14.5. The van der Waals surface area contributed by atoms with E-state index in [1.54, 1.807) is 16.7 Å². The highest BCUT2D eigenvalue weighted by atomic mass is 32.2. The summed E-state index contributed by atoms with van der Waals surface area (Å²) >= 11 is 1.69. The molecule has 4 nitrogen and oxygen atoms in total. The number of rotatable bonds is 6. The van der Waals surface area contributed by atoms with Crippen LogP contribution < -0.4 is 5.32 Å². The highest BCUT2D eigenvalue weighted by molar-refractivity contribution is 7.98. The van der Waals surface area contributed by atoms with Crippen LogP contribution in [0.15, 0.2) is 23.1 Å². The SMILES string of the molecule is CSc1cc(C)ccc1CNC(=O)N(CCO)C1CC1. The molecule has 110 valence electrons. The van der Waals surface area contributed by atoms with Crippen LogP contribution in [0, 0.1) is 6.92 Å². The van der Waals surface area contributed by atoms with Crippen molar-refractivity contribution in [2.75, 3.05) is 19.4 Å². The number of carbonyl (C=O) groups is 1. The second-order valence-corrected chi connectivity index (χ2v) is 5.97. The van der Waals surface area contributed by atoms with Gasteiger partial charge in [0.15, 0.2) is 0 Å². The van der Waals surface area contributed by atoms with Crippen molar-refractivity contribution in [1.29, 1.82) is 0 Å². The fraction of sp³-hybridized carbons (Fsp3) is 0.533. The van der Waals surface area contributed by atoms with Crippen molar-refractivity contribution < 1.29 is 9.90 Å². The third kappa shape index (κ3) is 3.90. The summed E-state index contributed by atoms with van der Waals surface area (Å²) in [5, 5.41) is 12.0. The molecule has 1 aliphatic carbocycles. The van der Waals surface area contributed by atoms with Gasteiger partial charge in [-0.15, -0.1) is 11.8 Å². The van der Waals surface area contributed by atoms with Crippen molar-refractivity contribution >= 4 is 17.8 Å². The summed E-state index contributed by atoms with van der Waals surface area (Å²) in [6, 6.07) is 6.51. The number of urea groups is 1. The van der Waals surface area contributed by atoms with Crippen LogP contribution in [0.1, 0.15) is 24.0 Å². The third-order valence-electron chi connectivity index (χ3n) is 3.46. The van der Waals surface area contributed by atoms with Gasteiger partial charge in [-0.25, -0.2) is 4.79 Å². The zero-order valence-electron chi connectivity index (χ0n) is 12.1. The van der Waals surface area contributed by atoms with Crippen molar-refractivity contribution in [3.8, 4) is 0 Å². The molecule has 0 aromatic heterocycles. The van der Waals surface area contributed by atoms with Gasteiger partial charge < -0.3 is 15.3 Å². The van der Waals surface area contributed by atoms with E-state index in [4.69, 9.17) is 5.11 Å². The number of amides is 2. The number of hydrogen-bond donors (Lipinski definition) is 2. The van der Waals surface area contributed by atoms with Crippen LogP contribution in [-0.2, 0) is 6.54 Å². The molecule has 2 rings (SSSR count). The fourth-order valence-electron chi connectivity index (χ4n) is 2.21. The molecule has 0 heterocycles.